The van der Waals surface area contributed by atoms with E-state index in [2.05, 4.69) is 28.9 Å². The smallest absolute Gasteiger partial charge is 0.119 e. The van der Waals surface area contributed by atoms with Crippen LogP contribution in [-0.2, 0) is 0 Å². The molecule has 4 heterocycles. The summed E-state index contributed by atoms with van der Waals surface area (Å²) in [5, 5.41) is 1.12. The summed E-state index contributed by atoms with van der Waals surface area (Å²) < 4.78 is 5.40. The van der Waals surface area contributed by atoms with Gasteiger partial charge in [0.2, 0.25) is 0 Å². The highest BCUT2D eigenvalue weighted by Crippen LogP contribution is 2.42. The van der Waals surface area contributed by atoms with Crippen LogP contribution in [0.2, 0.25) is 0 Å². The molecule has 0 amide bonds. The molecular formula is C20H30Cl3N3O. The van der Waals surface area contributed by atoms with Gasteiger partial charge in [-0.1, -0.05) is 13.3 Å². The summed E-state index contributed by atoms with van der Waals surface area (Å²) in [5.74, 6) is 2.57. The van der Waals surface area contributed by atoms with E-state index in [1.807, 2.05) is 18.3 Å². The number of hydrogen-bond donors (Lipinski definition) is 1. The minimum atomic E-state index is 0. The van der Waals surface area contributed by atoms with Crippen molar-refractivity contribution in [1.29, 1.82) is 0 Å². The summed E-state index contributed by atoms with van der Waals surface area (Å²) in [4.78, 5) is 7.12. The fourth-order valence-corrected chi connectivity index (χ4v) is 4.79. The van der Waals surface area contributed by atoms with Gasteiger partial charge in [0, 0.05) is 30.2 Å². The Balaban J connectivity index is 0.00000121. The van der Waals surface area contributed by atoms with Gasteiger partial charge in [-0.3, -0.25) is 9.88 Å². The number of aromatic nitrogens is 1. The molecule has 2 N–H and O–H groups in total. The van der Waals surface area contributed by atoms with E-state index in [1.54, 1.807) is 7.11 Å². The van der Waals surface area contributed by atoms with Crippen LogP contribution in [0.25, 0.3) is 10.9 Å². The van der Waals surface area contributed by atoms with E-state index in [9.17, 15) is 0 Å². The number of nitrogens with zero attached hydrogens (tertiary/aromatic N) is 2. The van der Waals surface area contributed by atoms with Gasteiger partial charge < -0.3 is 10.5 Å². The van der Waals surface area contributed by atoms with E-state index in [4.69, 9.17) is 10.5 Å². The van der Waals surface area contributed by atoms with Crippen LogP contribution in [0.15, 0.2) is 30.5 Å². The average Bonchev–Trinajstić information content (AvgIpc) is 2.66. The summed E-state index contributed by atoms with van der Waals surface area (Å²) in [7, 11) is 1.70. The number of rotatable bonds is 4. The highest BCUT2D eigenvalue weighted by Gasteiger charge is 2.41. The average molecular weight is 435 g/mol. The second-order valence-corrected chi connectivity index (χ2v) is 7.32. The molecule has 0 spiro atoms. The molecule has 1 aromatic heterocycles. The van der Waals surface area contributed by atoms with Crippen molar-refractivity contribution in [3.8, 4) is 5.75 Å². The molecule has 3 aliphatic heterocycles. The van der Waals surface area contributed by atoms with E-state index in [0.29, 0.717) is 6.04 Å². The molecule has 2 aromatic rings. The molecule has 0 radical (unpaired) electrons. The molecule has 3 fully saturated rings. The molecule has 3 saturated heterocycles. The largest absolute Gasteiger partial charge is 0.497 e. The first-order valence-corrected chi connectivity index (χ1v) is 9.13. The first-order chi connectivity index (χ1) is 11.7. The van der Waals surface area contributed by atoms with Gasteiger partial charge in [0.25, 0.3) is 0 Å². The number of pyridine rings is 1. The number of methoxy groups -OCH3 is 1. The van der Waals surface area contributed by atoms with Crippen LogP contribution in [0, 0.1) is 11.8 Å². The van der Waals surface area contributed by atoms with E-state index >= 15 is 0 Å². The van der Waals surface area contributed by atoms with Crippen LogP contribution < -0.4 is 10.5 Å². The Morgan fingerprint density at radius 3 is 2.67 bits per heavy atom. The van der Waals surface area contributed by atoms with E-state index in [1.165, 1.54) is 37.9 Å². The molecule has 27 heavy (non-hydrogen) atoms. The molecule has 1 unspecified atom stereocenters. The third kappa shape index (κ3) is 4.46. The third-order valence-electron chi connectivity index (χ3n) is 6.22. The Hall–Kier alpha value is -0.780. The minimum Gasteiger partial charge on any atom is -0.497 e. The Bertz CT molecular complexity index is 745. The number of hydrogen-bond acceptors (Lipinski definition) is 4. The molecule has 5 atom stereocenters. The van der Waals surface area contributed by atoms with Gasteiger partial charge in [-0.05, 0) is 61.1 Å². The lowest BCUT2D eigenvalue weighted by Gasteiger charge is -2.51. The Morgan fingerprint density at radius 2 is 2.04 bits per heavy atom. The van der Waals surface area contributed by atoms with Gasteiger partial charge in [-0.2, -0.15) is 0 Å². The topological polar surface area (TPSA) is 51.4 Å². The molecule has 4 nitrogen and oxygen atoms in total. The van der Waals surface area contributed by atoms with Crippen LogP contribution in [0.1, 0.15) is 37.8 Å². The second-order valence-electron chi connectivity index (χ2n) is 7.32. The van der Waals surface area contributed by atoms with Crippen LogP contribution in [-0.4, -0.2) is 36.1 Å². The second kappa shape index (κ2) is 10.1. The zero-order valence-electron chi connectivity index (χ0n) is 15.8. The van der Waals surface area contributed by atoms with Crippen LogP contribution >= 0.6 is 37.2 Å². The fraction of sp³-hybridized carbons (Fsp3) is 0.550. The van der Waals surface area contributed by atoms with Crippen molar-refractivity contribution in [1.82, 2.24) is 9.88 Å². The number of nitrogens with two attached hydrogens (primary N) is 1. The predicted molar refractivity (Wildman–Crippen MR) is 119 cm³/mol. The van der Waals surface area contributed by atoms with Crippen molar-refractivity contribution in [3.63, 3.8) is 0 Å². The maximum atomic E-state index is 6.79. The normalized spacial score (nSPS) is 27.1. The van der Waals surface area contributed by atoms with Crippen molar-refractivity contribution < 1.29 is 4.74 Å². The van der Waals surface area contributed by atoms with Crippen molar-refractivity contribution in [2.24, 2.45) is 17.6 Å². The minimum absolute atomic E-state index is 0. The number of ether oxygens (including phenoxy) is 1. The summed E-state index contributed by atoms with van der Waals surface area (Å²) >= 11 is 0. The molecule has 0 aliphatic carbocycles. The fourth-order valence-electron chi connectivity index (χ4n) is 4.79. The van der Waals surface area contributed by atoms with Crippen LogP contribution in [0.5, 0.6) is 5.75 Å². The summed E-state index contributed by atoms with van der Waals surface area (Å²) in [6.45, 7) is 4.74. The molecule has 3 aliphatic rings. The van der Waals surface area contributed by atoms with Gasteiger partial charge in [0.15, 0.2) is 0 Å². The van der Waals surface area contributed by atoms with Crippen LogP contribution in [0.4, 0.5) is 0 Å². The quantitative estimate of drug-likeness (QED) is 0.762. The number of fused-ring (bicyclic) bond motifs is 4. The number of piperidine rings is 3. The molecule has 1 aromatic carbocycles. The predicted octanol–water partition coefficient (Wildman–Crippen LogP) is 4.63. The van der Waals surface area contributed by atoms with E-state index in [-0.39, 0.29) is 43.3 Å². The van der Waals surface area contributed by atoms with Crippen molar-refractivity contribution in [3.05, 3.63) is 36.0 Å². The highest BCUT2D eigenvalue weighted by molar-refractivity contribution is 5.86. The lowest BCUT2D eigenvalue weighted by atomic mass is 9.72. The van der Waals surface area contributed by atoms with Gasteiger partial charge >= 0.3 is 0 Å². The molecular weight excluding hydrogens is 405 g/mol. The molecule has 0 saturated carbocycles. The monoisotopic (exact) mass is 433 g/mol. The lowest BCUT2D eigenvalue weighted by Crippen LogP contribution is -2.56. The SMILES string of the molecule is CC[C@@H]1CN2CC[C@H]1C[C@@H]2[C@H](N)c1ccnc2ccc(OC)cc12.Cl.Cl.Cl. The number of halogens is 3. The lowest BCUT2D eigenvalue weighted by molar-refractivity contribution is -0.0105. The molecule has 152 valence electrons. The third-order valence-corrected chi connectivity index (χ3v) is 6.22. The maximum absolute atomic E-state index is 6.79. The molecule has 7 heteroatoms. The van der Waals surface area contributed by atoms with Gasteiger partial charge in [0.1, 0.15) is 5.75 Å². The maximum Gasteiger partial charge on any atom is 0.119 e. The van der Waals surface area contributed by atoms with E-state index in [0.717, 1.165) is 28.5 Å². The van der Waals surface area contributed by atoms with Gasteiger partial charge in [0.05, 0.1) is 12.6 Å². The van der Waals surface area contributed by atoms with Gasteiger partial charge in [-0.25, -0.2) is 0 Å². The first kappa shape index (κ1) is 24.3. The standard InChI is InChI=1S/C20H27N3O.3ClH/c1-3-13-12-23-9-7-14(13)10-19(23)20(21)16-6-8-22-18-5-4-15(24-2)11-17(16)18;;;/h4-6,8,11,13-14,19-20H,3,7,9-10,12,21H2,1-2H3;3*1H/t13-,14+,19-,20-;;;/m1.../s1. The van der Waals surface area contributed by atoms with E-state index < -0.39 is 0 Å². The number of benzene rings is 1. The highest BCUT2D eigenvalue weighted by atomic mass is 35.5. The Labute approximate surface area is 180 Å². The van der Waals surface area contributed by atoms with Crippen LogP contribution in [0.3, 0.4) is 0 Å². The molecule has 2 bridgehead atoms. The Kier molecular flexibility index (Phi) is 9.10. The summed E-state index contributed by atoms with van der Waals surface area (Å²) in [6, 6.07) is 8.62. The summed E-state index contributed by atoms with van der Waals surface area (Å²) in [5.41, 5.74) is 8.98. The first-order valence-electron chi connectivity index (χ1n) is 9.13. The van der Waals surface area contributed by atoms with Crippen molar-refractivity contribution >= 4 is 48.1 Å². The summed E-state index contributed by atoms with van der Waals surface area (Å²) in [6.07, 6.45) is 5.74. The zero-order valence-corrected chi connectivity index (χ0v) is 18.3. The molecule has 5 rings (SSSR count). The Morgan fingerprint density at radius 1 is 1.26 bits per heavy atom. The zero-order chi connectivity index (χ0) is 16.7. The van der Waals surface area contributed by atoms with Gasteiger partial charge in [-0.15, -0.1) is 37.2 Å². The van der Waals surface area contributed by atoms with Crippen molar-refractivity contribution in [2.45, 2.75) is 38.3 Å². The van der Waals surface area contributed by atoms with Crippen molar-refractivity contribution in [2.75, 3.05) is 20.2 Å².